The predicted molar refractivity (Wildman–Crippen MR) is 56.7 cm³/mol. The number of nitrogens with zero attached hydrogens (tertiary/aromatic N) is 3. The van der Waals surface area contributed by atoms with Crippen LogP contribution in [0.4, 0.5) is 5.95 Å². The minimum absolute atomic E-state index is 0.00326. The molecule has 0 aliphatic carbocycles. The Balaban J connectivity index is 2.55. The molecule has 6 nitrogen and oxygen atoms in total. The number of benzene rings is 1. The number of anilines is 1. The van der Waals surface area contributed by atoms with E-state index in [0.29, 0.717) is 11.4 Å². The molecule has 0 radical (unpaired) electrons. The van der Waals surface area contributed by atoms with Gasteiger partial charge < -0.3 is 16.7 Å². The molecule has 0 bridgehead atoms. The first-order valence-electron chi connectivity index (χ1n) is 4.04. The van der Waals surface area contributed by atoms with Gasteiger partial charge in [0.15, 0.2) is 5.82 Å². The third-order valence-electron chi connectivity index (χ3n) is 1.93. The van der Waals surface area contributed by atoms with Crippen molar-refractivity contribution in [3.05, 3.63) is 23.2 Å². The molecule has 0 atom stereocenters. The molecule has 5 N–H and O–H groups in total. The number of hydrogen-bond acceptors (Lipinski definition) is 5. The maximum absolute atomic E-state index is 9.23. The smallest absolute Gasteiger partial charge is 0.241 e. The fraction of sp³-hybridized carbons (Fsp3) is 0. The lowest BCUT2D eigenvalue weighted by molar-refractivity contribution is 0.475. The van der Waals surface area contributed by atoms with E-state index in [0.717, 1.165) is 4.68 Å². The lowest BCUT2D eigenvalue weighted by Crippen LogP contribution is -2.13. The highest BCUT2D eigenvalue weighted by molar-refractivity contribution is 6.32. The van der Waals surface area contributed by atoms with Crippen LogP contribution in [0.15, 0.2) is 18.2 Å². The number of phenolic OH excluding ortho intramolecular Hbond substituents is 1. The van der Waals surface area contributed by atoms with E-state index in [1.807, 2.05) is 0 Å². The van der Waals surface area contributed by atoms with E-state index in [2.05, 4.69) is 10.2 Å². The van der Waals surface area contributed by atoms with Crippen LogP contribution < -0.4 is 11.6 Å². The third kappa shape index (κ3) is 1.55. The first kappa shape index (κ1) is 9.60. The summed E-state index contributed by atoms with van der Waals surface area (Å²) in [6.07, 6.45) is 0. The molecule has 0 spiro atoms. The van der Waals surface area contributed by atoms with Crippen LogP contribution in [0, 0.1) is 0 Å². The van der Waals surface area contributed by atoms with Crippen LogP contribution in [0.5, 0.6) is 5.75 Å². The van der Waals surface area contributed by atoms with Crippen molar-refractivity contribution in [2.45, 2.75) is 0 Å². The zero-order chi connectivity index (χ0) is 11.0. The highest BCUT2D eigenvalue weighted by Crippen LogP contribution is 2.28. The number of phenols is 1. The Kier molecular flexibility index (Phi) is 2.12. The molecule has 0 amide bonds. The van der Waals surface area contributed by atoms with Gasteiger partial charge in [-0.25, -0.2) is 4.68 Å². The standard InChI is InChI=1S/C8H8ClN5O/c9-5-3-4(1-2-6(5)15)7-12-13-8(10)14(7)11/h1-3,15H,11H2,(H2,10,13). The number of aromatic hydroxyl groups is 1. The Morgan fingerprint density at radius 1 is 1.33 bits per heavy atom. The Morgan fingerprint density at radius 3 is 2.60 bits per heavy atom. The van der Waals surface area contributed by atoms with Crippen molar-refractivity contribution < 1.29 is 5.11 Å². The molecule has 1 aromatic heterocycles. The molecular weight excluding hydrogens is 218 g/mol. The van der Waals surface area contributed by atoms with Gasteiger partial charge in [0.1, 0.15) is 5.75 Å². The fourth-order valence-electron chi connectivity index (χ4n) is 1.15. The normalized spacial score (nSPS) is 10.5. The second kappa shape index (κ2) is 3.32. The van der Waals surface area contributed by atoms with Crippen LogP contribution in [0.1, 0.15) is 0 Å². The maximum Gasteiger partial charge on any atom is 0.241 e. The topological polar surface area (TPSA) is 103 Å². The molecular formula is C8H8ClN5O. The molecule has 0 unspecified atom stereocenters. The highest BCUT2D eigenvalue weighted by atomic mass is 35.5. The van der Waals surface area contributed by atoms with Gasteiger partial charge in [0.2, 0.25) is 5.95 Å². The molecule has 7 heteroatoms. The second-order valence-electron chi connectivity index (χ2n) is 2.92. The van der Waals surface area contributed by atoms with Gasteiger partial charge in [0, 0.05) is 5.56 Å². The summed E-state index contributed by atoms with van der Waals surface area (Å²) in [5.41, 5.74) is 6.06. The summed E-state index contributed by atoms with van der Waals surface area (Å²) in [5, 5.41) is 16.8. The monoisotopic (exact) mass is 225 g/mol. The van der Waals surface area contributed by atoms with Gasteiger partial charge in [0.05, 0.1) is 5.02 Å². The highest BCUT2D eigenvalue weighted by Gasteiger charge is 2.10. The lowest BCUT2D eigenvalue weighted by Gasteiger charge is -2.02. The van der Waals surface area contributed by atoms with Crippen molar-refractivity contribution >= 4 is 17.5 Å². The summed E-state index contributed by atoms with van der Waals surface area (Å²) < 4.78 is 1.14. The van der Waals surface area contributed by atoms with E-state index in [1.54, 1.807) is 6.07 Å². The maximum atomic E-state index is 9.23. The molecule has 78 valence electrons. The SMILES string of the molecule is Nc1nnc(-c2ccc(O)c(Cl)c2)n1N. The molecule has 0 saturated heterocycles. The van der Waals surface area contributed by atoms with E-state index < -0.39 is 0 Å². The predicted octanol–water partition coefficient (Wildman–Crippen LogP) is 0.600. The summed E-state index contributed by atoms with van der Waals surface area (Å²) in [4.78, 5) is 0. The summed E-state index contributed by atoms with van der Waals surface area (Å²) in [6.45, 7) is 0. The molecule has 0 fully saturated rings. The van der Waals surface area contributed by atoms with Crippen LogP contribution in [0.2, 0.25) is 5.02 Å². The van der Waals surface area contributed by atoms with Gasteiger partial charge in [-0.05, 0) is 18.2 Å². The Morgan fingerprint density at radius 2 is 2.07 bits per heavy atom. The Bertz CT molecular complexity index is 510. The van der Waals surface area contributed by atoms with Crippen molar-refractivity contribution in [3.63, 3.8) is 0 Å². The summed E-state index contributed by atoms with van der Waals surface area (Å²) in [6, 6.07) is 4.60. The van der Waals surface area contributed by atoms with Crippen molar-refractivity contribution in [1.29, 1.82) is 0 Å². The van der Waals surface area contributed by atoms with Gasteiger partial charge in [-0.2, -0.15) is 0 Å². The minimum Gasteiger partial charge on any atom is -0.506 e. The first-order valence-corrected chi connectivity index (χ1v) is 4.42. The van der Waals surface area contributed by atoms with Gasteiger partial charge in [-0.3, -0.25) is 0 Å². The second-order valence-corrected chi connectivity index (χ2v) is 3.33. The Hall–Kier alpha value is -1.95. The van der Waals surface area contributed by atoms with Crippen LogP contribution in [0.25, 0.3) is 11.4 Å². The van der Waals surface area contributed by atoms with Gasteiger partial charge in [-0.1, -0.05) is 11.6 Å². The zero-order valence-corrected chi connectivity index (χ0v) is 8.31. The molecule has 0 aliphatic rings. The van der Waals surface area contributed by atoms with Crippen LogP contribution in [-0.2, 0) is 0 Å². The molecule has 1 aromatic carbocycles. The fourth-order valence-corrected chi connectivity index (χ4v) is 1.33. The molecule has 0 saturated carbocycles. The summed E-state index contributed by atoms with van der Waals surface area (Å²) in [7, 11) is 0. The van der Waals surface area contributed by atoms with Crippen LogP contribution in [0.3, 0.4) is 0 Å². The van der Waals surface area contributed by atoms with Crippen LogP contribution >= 0.6 is 11.6 Å². The molecule has 15 heavy (non-hydrogen) atoms. The Labute approximate surface area is 90.1 Å². The average molecular weight is 226 g/mol. The zero-order valence-electron chi connectivity index (χ0n) is 7.55. The largest absolute Gasteiger partial charge is 0.506 e. The van der Waals surface area contributed by atoms with E-state index in [4.69, 9.17) is 23.2 Å². The van der Waals surface area contributed by atoms with E-state index >= 15 is 0 Å². The van der Waals surface area contributed by atoms with Gasteiger partial charge in [-0.15, -0.1) is 10.2 Å². The number of rotatable bonds is 1. The average Bonchev–Trinajstić information content (AvgIpc) is 2.53. The molecule has 2 aromatic rings. The minimum atomic E-state index is -0.00326. The number of nitrogen functional groups attached to an aromatic ring is 2. The number of hydrogen-bond donors (Lipinski definition) is 3. The molecule has 1 heterocycles. The van der Waals surface area contributed by atoms with E-state index in [9.17, 15) is 5.11 Å². The third-order valence-corrected chi connectivity index (χ3v) is 2.23. The summed E-state index contributed by atoms with van der Waals surface area (Å²) >= 11 is 5.74. The number of aromatic nitrogens is 3. The van der Waals surface area contributed by atoms with E-state index in [1.165, 1.54) is 12.1 Å². The van der Waals surface area contributed by atoms with E-state index in [-0.39, 0.29) is 16.7 Å². The number of halogens is 1. The van der Waals surface area contributed by atoms with Crippen LogP contribution in [-0.4, -0.2) is 20.0 Å². The van der Waals surface area contributed by atoms with Crippen molar-refractivity contribution in [2.24, 2.45) is 0 Å². The summed E-state index contributed by atoms with van der Waals surface area (Å²) in [5.74, 6) is 6.07. The number of nitrogens with two attached hydrogens (primary N) is 2. The van der Waals surface area contributed by atoms with Crippen molar-refractivity contribution in [1.82, 2.24) is 14.9 Å². The van der Waals surface area contributed by atoms with Crippen molar-refractivity contribution in [2.75, 3.05) is 11.6 Å². The molecule has 2 rings (SSSR count). The lowest BCUT2D eigenvalue weighted by atomic mass is 10.2. The first-order chi connectivity index (χ1) is 7.09. The van der Waals surface area contributed by atoms with Crippen molar-refractivity contribution in [3.8, 4) is 17.1 Å². The molecule has 0 aliphatic heterocycles. The van der Waals surface area contributed by atoms with Gasteiger partial charge in [0.25, 0.3) is 0 Å². The van der Waals surface area contributed by atoms with Gasteiger partial charge >= 0.3 is 0 Å². The quantitative estimate of drug-likeness (QED) is 0.617.